The zero-order valence-corrected chi connectivity index (χ0v) is 9.77. The zero-order valence-electron chi connectivity index (χ0n) is 8.95. The number of halogens is 4. The molecule has 0 aliphatic heterocycles. The Morgan fingerprint density at radius 1 is 1.25 bits per heavy atom. The normalized spacial score (nSPS) is 12.9. The first-order valence-electron chi connectivity index (χ1n) is 4.42. The van der Waals surface area contributed by atoms with Crippen molar-refractivity contribution in [2.24, 2.45) is 5.73 Å². The standard InChI is InChI=1S/C10H13F3N2.ClH/c1-15(2)8-5-3-4-7(6-8)9(14)10(11,12)13;/h3-6,9H,14H2,1-2H3;1H/t9-;/m1./s1. The van der Waals surface area contributed by atoms with E-state index < -0.39 is 12.2 Å². The molecule has 0 saturated heterocycles. The summed E-state index contributed by atoms with van der Waals surface area (Å²) in [4.78, 5) is 1.73. The van der Waals surface area contributed by atoms with Crippen LogP contribution in [0.25, 0.3) is 0 Å². The van der Waals surface area contributed by atoms with Crippen LogP contribution in [0.5, 0.6) is 0 Å². The number of alkyl halides is 3. The Hall–Kier alpha value is -0.940. The van der Waals surface area contributed by atoms with Crippen LogP contribution in [0.4, 0.5) is 18.9 Å². The van der Waals surface area contributed by atoms with Crippen molar-refractivity contribution in [3.63, 3.8) is 0 Å². The van der Waals surface area contributed by atoms with Gasteiger partial charge in [0.05, 0.1) is 0 Å². The van der Waals surface area contributed by atoms with Crippen LogP contribution in [-0.2, 0) is 0 Å². The number of rotatable bonds is 2. The van der Waals surface area contributed by atoms with E-state index in [0.717, 1.165) is 0 Å². The Bertz CT molecular complexity index is 339. The molecule has 0 bridgehead atoms. The van der Waals surface area contributed by atoms with Gasteiger partial charge in [-0.3, -0.25) is 0 Å². The summed E-state index contributed by atoms with van der Waals surface area (Å²) in [5, 5.41) is 0. The van der Waals surface area contributed by atoms with Gasteiger partial charge >= 0.3 is 6.18 Å². The molecular weight excluding hydrogens is 241 g/mol. The van der Waals surface area contributed by atoms with Crippen LogP contribution in [0.15, 0.2) is 24.3 Å². The Labute approximate surface area is 98.6 Å². The molecule has 0 aromatic heterocycles. The number of anilines is 1. The summed E-state index contributed by atoms with van der Waals surface area (Å²) in [5.41, 5.74) is 5.88. The van der Waals surface area contributed by atoms with E-state index in [1.165, 1.54) is 12.1 Å². The van der Waals surface area contributed by atoms with E-state index in [2.05, 4.69) is 0 Å². The maximum absolute atomic E-state index is 12.3. The lowest BCUT2D eigenvalue weighted by Crippen LogP contribution is -2.28. The van der Waals surface area contributed by atoms with Gasteiger partial charge in [0.1, 0.15) is 6.04 Å². The average molecular weight is 255 g/mol. The average Bonchev–Trinajstić information content (AvgIpc) is 2.15. The highest BCUT2D eigenvalue weighted by molar-refractivity contribution is 5.85. The highest BCUT2D eigenvalue weighted by Crippen LogP contribution is 2.31. The summed E-state index contributed by atoms with van der Waals surface area (Å²) in [5.74, 6) is 0. The third kappa shape index (κ3) is 3.57. The van der Waals surface area contributed by atoms with Crippen LogP contribution in [0.2, 0.25) is 0 Å². The lowest BCUT2D eigenvalue weighted by atomic mass is 10.1. The van der Waals surface area contributed by atoms with Crippen molar-refractivity contribution in [3.8, 4) is 0 Å². The minimum absolute atomic E-state index is 0. The highest BCUT2D eigenvalue weighted by Gasteiger charge is 2.37. The zero-order chi connectivity index (χ0) is 11.6. The van der Waals surface area contributed by atoms with E-state index in [1.807, 2.05) is 0 Å². The molecule has 0 saturated carbocycles. The summed E-state index contributed by atoms with van der Waals surface area (Å²) in [7, 11) is 3.52. The van der Waals surface area contributed by atoms with Crippen LogP contribution in [0.1, 0.15) is 11.6 Å². The van der Waals surface area contributed by atoms with Crippen molar-refractivity contribution in [1.29, 1.82) is 0 Å². The molecular formula is C10H14ClF3N2. The topological polar surface area (TPSA) is 29.3 Å². The minimum atomic E-state index is -4.40. The highest BCUT2D eigenvalue weighted by atomic mass is 35.5. The molecule has 0 spiro atoms. The minimum Gasteiger partial charge on any atom is -0.378 e. The fourth-order valence-corrected chi connectivity index (χ4v) is 1.19. The molecule has 0 amide bonds. The third-order valence-corrected chi connectivity index (χ3v) is 2.10. The van der Waals surface area contributed by atoms with E-state index in [4.69, 9.17) is 5.73 Å². The van der Waals surface area contributed by atoms with Gasteiger partial charge in [-0.15, -0.1) is 12.4 Å². The predicted octanol–water partition coefficient (Wildman–Crippen LogP) is 2.74. The van der Waals surface area contributed by atoms with Crippen molar-refractivity contribution < 1.29 is 13.2 Å². The SMILES string of the molecule is CN(C)c1cccc([C@@H](N)C(F)(F)F)c1.Cl. The summed E-state index contributed by atoms with van der Waals surface area (Å²) in [6.45, 7) is 0. The van der Waals surface area contributed by atoms with Crippen LogP contribution < -0.4 is 10.6 Å². The molecule has 0 fully saturated rings. The Balaban J connectivity index is 0.00000225. The predicted molar refractivity (Wildman–Crippen MR) is 61.0 cm³/mol. The molecule has 0 unspecified atom stereocenters. The van der Waals surface area contributed by atoms with Crippen molar-refractivity contribution in [2.45, 2.75) is 12.2 Å². The van der Waals surface area contributed by atoms with E-state index >= 15 is 0 Å². The molecule has 1 atom stereocenters. The molecule has 1 aromatic carbocycles. The van der Waals surface area contributed by atoms with Gasteiger partial charge in [0.25, 0.3) is 0 Å². The maximum Gasteiger partial charge on any atom is 0.407 e. The number of nitrogens with two attached hydrogens (primary N) is 1. The largest absolute Gasteiger partial charge is 0.407 e. The van der Waals surface area contributed by atoms with Gasteiger partial charge in [-0.05, 0) is 17.7 Å². The Morgan fingerprint density at radius 3 is 2.25 bits per heavy atom. The monoisotopic (exact) mass is 254 g/mol. The lowest BCUT2D eigenvalue weighted by Gasteiger charge is -2.18. The molecule has 1 aromatic rings. The van der Waals surface area contributed by atoms with Crippen LogP contribution >= 0.6 is 12.4 Å². The van der Waals surface area contributed by atoms with Gasteiger partial charge in [-0.1, -0.05) is 12.1 Å². The maximum atomic E-state index is 12.3. The first kappa shape index (κ1) is 15.1. The van der Waals surface area contributed by atoms with E-state index in [9.17, 15) is 13.2 Å². The molecule has 0 aliphatic carbocycles. The number of hydrogen-bond donors (Lipinski definition) is 1. The molecule has 2 nitrogen and oxygen atoms in total. The van der Waals surface area contributed by atoms with Gasteiger partial charge in [0, 0.05) is 19.8 Å². The molecule has 16 heavy (non-hydrogen) atoms. The lowest BCUT2D eigenvalue weighted by molar-refractivity contribution is -0.149. The third-order valence-electron chi connectivity index (χ3n) is 2.10. The van der Waals surface area contributed by atoms with E-state index in [-0.39, 0.29) is 18.0 Å². The fraction of sp³-hybridized carbons (Fsp3) is 0.400. The molecule has 0 heterocycles. The molecule has 0 aliphatic rings. The van der Waals surface area contributed by atoms with Crippen molar-refractivity contribution in [1.82, 2.24) is 0 Å². The number of hydrogen-bond acceptors (Lipinski definition) is 2. The second-order valence-corrected chi connectivity index (χ2v) is 3.51. The Morgan fingerprint density at radius 2 is 1.81 bits per heavy atom. The quantitative estimate of drug-likeness (QED) is 0.879. The van der Waals surface area contributed by atoms with Gasteiger partial charge in [-0.2, -0.15) is 13.2 Å². The van der Waals surface area contributed by atoms with Crippen molar-refractivity contribution in [3.05, 3.63) is 29.8 Å². The second-order valence-electron chi connectivity index (χ2n) is 3.51. The molecule has 0 radical (unpaired) electrons. The van der Waals surface area contributed by atoms with Gasteiger partial charge in [-0.25, -0.2) is 0 Å². The van der Waals surface area contributed by atoms with E-state index in [1.54, 1.807) is 31.1 Å². The summed E-state index contributed by atoms with van der Waals surface area (Å²) in [6, 6.07) is 4.20. The first-order chi connectivity index (χ1) is 6.82. The van der Waals surface area contributed by atoms with Crippen LogP contribution in [0, 0.1) is 0 Å². The molecule has 6 heteroatoms. The van der Waals surface area contributed by atoms with Crippen LogP contribution in [-0.4, -0.2) is 20.3 Å². The summed E-state index contributed by atoms with van der Waals surface area (Å²) in [6.07, 6.45) is -4.40. The summed E-state index contributed by atoms with van der Waals surface area (Å²) >= 11 is 0. The van der Waals surface area contributed by atoms with Gasteiger partial charge in [0.2, 0.25) is 0 Å². The summed E-state index contributed by atoms with van der Waals surface area (Å²) < 4.78 is 37.0. The number of benzene rings is 1. The van der Waals surface area contributed by atoms with Gasteiger partial charge < -0.3 is 10.6 Å². The fourth-order valence-electron chi connectivity index (χ4n) is 1.19. The second kappa shape index (κ2) is 5.41. The Kier molecular flexibility index (Phi) is 5.09. The molecule has 1 rings (SSSR count). The van der Waals surface area contributed by atoms with E-state index in [0.29, 0.717) is 5.69 Å². The number of nitrogens with zero attached hydrogens (tertiary/aromatic N) is 1. The van der Waals surface area contributed by atoms with Crippen molar-refractivity contribution >= 4 is 18.1 Å². The first-order valence-corrected chi connectivity index (χ1v) is 4.42. The smallest absolute Gasteiger partial charge is 0.378 e. The van der Waals surface area contributed by atoms with Crippen molar-refractivity contribution in [2.75, 3.05) is 19.0 Å². The van der Waals surface area contributed by atoms with Crippen LogP contribution in [0.3, 0.4) is 0 Å². The molecule has 2 N–H and O–H groups in total. The molecule has 92 valence electrons. The van der Waals surface area contributed by atoms with Gasteiger partial charge in [0.15, 0.2) is 0 Å².